The zero-order valence-electron chi connectivity index (χ0n) is 11.7. The van der Waals surface area contributed by atoms with Crippen LogP contribution < -0.4 is 10.2 Å². The molecule has 2 rings (SSSR count). The van der Waals surface area contributed by atoms with E-state index >= 15 is 0 Å². The molecule has 1 aliphatic rings. The summed E-state index contributed by atoms with van der Waals surface area (Å²) in [5, 5.41) is 2.68. The van der Waals surface area contributed by atoms with Crippen molar-refractivity contribution >= 4 is 29.0 Å². The SMILES string of the molecule is CC(=O)CC(=O)Nc1ccc(N2CCCC2=O)c(C)c1. The van der Waals surface area contributed by atoms with Crippen LogP contribution in [-0.2, 0) is 14.4 Å². The Morgan fingerprint density at radius 2 is 2.10 bits per heavy atom. The molecular weight excluding hydrogens is 256 g/mol. The third-order valence-electron chi connectivity index (χ3n) is 3.25. The molecule has 0 bridgehead atoms. The lowest BCUT2D eigenvalue weighted by Crippen LogP contribution is -2.24. The van der Waals surface area contributed by atoms with Crippen molar-refractivity contribution in [3.8, 4) is 0 Å². The third-order valence-corrected chi connectivity index (χ3v) is 3.25. The monoisotopic (exact) mass is 274 g/mol. The van der Waals surface area contributed by atoms with Crippen molar-refractivity contribution in [2.75, 3.05) is 16.8 Å². The molecule has 0 spiro atoms. The molecule has 5 heteroatoms. The molecule has 0 aromatic heterocycles. The van der Waals surface area contributed by atoms with Crippen molar-refractivity contribution in [2.45, 2.75) is 33.1 Å². The van der Waals surface area contributed by atoms with E-state index < -0.39 is 0 Å². The predicted octanol–water partition coefficient (Wildman–Crippen LogP) is 2.04. The maximum Gasteiger partial charge on any atom is 0.231 e. The molecule has 1 aromatic rings. The summed E-state index contributed by atoms with van der Waals surface area (Å²) in [4.78, 5) is 35.9. The van der Waals surface area contributed by atoms with Gasteiger partial charge in [-0.3, -0.25) is 14.4 Å². The fourth-order valence-corrected chi connectivity index (χ4v) is 2.37. The van der Waals surface area contributed by atoms with Gasteiger partial charge in [-0.2, -0.15) is 0 Å². The number of amides is 2. The number of rotatable bonds is 4. The van der Waals surface area contributed by atoms with E-state index in [1.165, 1.54) is 6.92 Å². The Balaban J connectivity index is 2.11. The number of carbonyl (C=O) groups is 3. The first-order valence-corrected chi connectivity index (χ1v) is 6.67. The molecule has 2 amide bonds. The fraction of sp³-hybridized carbons (Fsp3) is 0.400. The summed E-state index contributed by atoms with van der Waals surface area (Å²) >= 11 is 0. The first kappa shape index (κ1) is 14.2. The van der Waals surface area contributed by atoms with Crippen molar-refractivity contribution in [1.29, 1.82) is 0 Å². The number of nitrogens with one attached hydrogen (secondary N) is 1. The molecule has 0 saturated carbocycles. The van der Waals surface area contributed by atoms with Crippen molar-refractivity contribution in [3.63, 3.8) is 0 Å². The maximum absolute atomic E-state index is 11.7. The molecule has 0 unspecified atom stereocenters. The van der Waals surface area contributed by atoms with Gasteiger partial charge in [0.15, 0.2) is 0 Å². The molecule has 20 heavy (non-hydrogen) atoms. The number of hydrogen-bond acceptors (Lipinski definition) is 3. The minimum Gasteiger partial charge on any atom is -0.326 e. The van der Waals surface area contributed by atoms with E-state index in [-0.39, 0.29) is 24.0 Å². The minimum absolute atomic E-state index is 0.120. The van der Waals surface area contributed by atoms with E-state index in [0.29, 0.717) is 12.1 Å². The zero-order valence-corrected chi connectivity index (χ0v) is 11.7. The first-order chi connectivity index (χ1) is 9.47. The van der Waals surface area contributed by atoms with Crippen LogP contribution in [0.2, 0.25) is 0 Å². The third kappa shape index (κ3) is 3.23. The highest BCUT2D eigenvalue weighted by Gasteiger charge is 2.22. The number of carbonyl (C=O) groups excluding carboxylic acids is 3. The van der Waals surface area contributed by atoms with Gasteiger partial charge in [-0.25, -0.2) is 0 Å². The Morgan fingerprint density at radius 3 is 2.65 bits per heavy atom. The van der Waals surface area contributed by atoms with Crippen LogP contribution >= 0.6 is 0 Å². The first-order valence-electron chi connectivity index (χ1n) is 6.67. The van der Waals surface area contributed by atoms with Crippen LogP contribution in [0.25, 0.3) is 0 Å². The van der Waals surface area contributed by atoms with E-state index in [0.717, 1.165) is 24.2 Å². The predicted molar refractivity (Wildman–Crippen MR) is 76.7 cm³/mol. The topological polar surface area (TPSA) is 66.5 Å². The normalized spacial score (nSPS) is 14.5. The number of benzene rings is 1. The highest BCUT2D eigenvalue weighted by Crippen LogP contribution is 2.27. The lowest BCUT2D eigenvalue weighted by atomic mass is 10.1. The Labute approximate surface area is 118 Å². The van der Waals surface area contributed by atoms with Crippen LogP contribution in [0.4, 0.5) is 11.4 Å². The standard InChI is InChI=1S/C15H18N2O3/c1-10-8-12(16-14(19)9-11(2)18)5-6-13(10)17-7-3-4-15(17)20/h5-6,8H,3-4,7,9H2,1-2H3,(H,16,19). The quantitative estimate of drug-likeness (QED) is 0.854. The maximum atomic E-state index is 11.7. The minimum atomic E-state index is -0.318. The molecule has 5 nitrogen and oxygen atoms in total. The summed E-state index contributed by atoms with van der Waals surface area (Å²) < 4.78 is 0. The Hall–Kier alpha value is -2.17. The van der Waals surface area contributed by atoms with E-state index in [9.17, 15) is 14.4 Å². The fourth-order valence-electron chi connectivity index (χ4n) is 2.37. The van der Waals surface area contributed by atoms with Gasteiger partial charge < -0.3 is 10.2 Å². The van der Waals surface area contributed by atoms with Crippen LogP contribution in [0.15, 0.2) is 18.2 Å². The Morgan fingerprint density at radius 1 is 1.35 bits per heavy atom. The second kappa shape index (κ2) is 5.86. The molecule has 106 valence electrons. The van der Waals surface area contributed by atoms with Crippen LogP contribution in [0.1, 0.15) is 31.7 Å². The molecule has 1 aliphatic heterocycles. The molecule has 1 aromatic carbocycles. The number of hydrogen-bond donors (Lipinski definition) is 1. The van der Waals surface area contributed by atoms with Crippen molar-refractivity contribution < 1.29 is 14.4 Å². The summed E-state index contributed by atoms with van der Waals surface area (Å²) in [6.45, 7) is 4.03. The van der Waals surface area contributed by atoms with E-state index in [1.54, 1.807) is 11.0 Å². The zero-order chi connectivity index (χ0) is 14.7. The molecule has 1 saturated heterocycles. The Bertz CT molecular complexity index is 566. The van der Waals surface area contributed by atoms with Gasteiger partial charge in [0.25, 0.3) is 0 Å². The highest BCUT2D eigenvalue weighted by atomic mass is 16.2. The van der Waals surface area contributed by atoms with Crippen LogP contribution in [0, 0.1) is 6.92 Å². The number of Topliss-reactive ketones (excluding diaryl/α,β-unsaturated/α-hetero) is 1. The van der Waals surface area contributed by atoms with Gasteiger partial charge in [-0.1, -0.05) is 0 Å². The summed E-state index contributed by atoms with van der Waals surface area (Å²) in [5.41, 5.74) is 2.46. The van der Waals surface area contributed by atoms with Gasteiger partial charge >= 0.3 is 0 Å². The lowest BCUT2D eigenvalue weighted by Gasteiger charge is -2.19. The van der Waals surface area contributed by atoms with Gasteiger partial charge in [0, 0.05) is 24.3 Å². The second-order valence-corrected chi connectivity index (χ2v) is 5.08. The number of aryl methyl sites for hydroxylation is 1. The van der Waals surface area contributed by atoms with Crippen LogP contribution in [0.5, 0.6) is 0 Å². The number of anilines is 2. The Kier molecular flexibility index (Phi) is 4.17. The van der Waals surface area contributed by atoms with Gasteiger partial charge in [0.2, 0.25) is 11.8 Å². The lowest BCUT2D eigenvalue weighted by molar-refractivity contribution is -0.124. The average molecular weight is 274 g/mol. The number of ketones is 1. The summed E-state index contributed by atoms with van der Waals surface area (Å²) in [5.74, 6) is -0.345. The molecule has 0 aliphatic carbocycles. The molecule has 1 fully saturated rings. The largest absolute Gasteiger partial charge is 0.326 e. The molecular formula is C15H18N2O3. The van der Waals surface area contributed by atoms with Crippen molar-refractivity contribution in [1.82, 2.24) is 0 Å². The average Bonchev–Trinajstić information content (AvgIpc) is 2.74. The van der Waals surface area contributed by atoms with Gasteiger partial charge in [0.1, 0.15) is 5.78 Å². The highest BCUT2D eigenvalue weighted by molar-refractivity contribution is 6.03. The molecule has 0 radical (unpaired) electrons. The smallest absolute Gasteiger partial charge is 0.231 e. The van der Waals surface area contributed by atoms with Gasteiger partial charge in [0.05, 0.1) is 6.42 Å². The summed E-state index contributed by atoms with van der Waals surface area (Å²) in [6.07, 6.45) is 1.36. The van der Waals surface area contributed by atoms with Crippen LogP contribution in [-0.4, -0.2) is 24.1 Å². The molecule has 1 heterocycles. The van der Waals surface area contributed by atoms with E-state index in [1.807, 2.05) is 19.1 Å². The van der Waals surface area contributed by atoms with Crippen molar-refractivity contribution in [2.24, 2.45) is 0 Å². The summed E-state index contributed by atoms with van der Waals surface area (Å²) in [7, 11) is 0. The van der Waals surface area contributed by atoms with E-state index in [2.05, 4.69) is 5.32 Å². The van der Waals surface area contributed by atoms with Crippen molar-refractivity contribution in [3.05, 3.63) is 23.8 Å². The number of nitrogens with zero attached hydrogens (tertiary/aromatic N) is 1. The second-order valence-electron chi connectivity index (χ2n) is 5.08. The van der Waals surface area contributed by atoms with Gasteiger partial charge in [-0.05, 0) is 44.0 Å². The summed E-state index contributed by atoms with van der Waals surface area (Å²) in [6, 6.07) is 5.41. The molecule has 0 atom stereocenters. The van der Waals surface area contributed by atoms with Crippen LogP contribution in [0.3, 0.4) is 0 Å². The molecule has 1 N–H and O–H groups in total. The van der Waals surface area contributed by atoms with Gasteiger partial charge in [-0.15, -0.1) is 0 Å². The van der Waals surface area contributed by atoms with E-state index in [4.69, 9.17) is 0 Å².